The number of aliphatic hydroxyl groups is 1. The number of ether oxygens (including phenoxy) is 3. The highest BCUT2D eigenvalue weighted by atomic mass is 35.5. The lowest BCUT2D eigenvalue weighted by Gasteiger charge is -2.37. The van der Waals surface area contributed by atoms with E-state index in [0.29, 0.717) is 13.2 Å². The summed E-state index contributed by atoms with van der Waals surface area (Å²) in [4.78, 5) is 0. The maximum Gasteiger partial charge on any atom is 0.182 e. The highest BCUT2D eigenvalue weighted by Crippen LogP contribution is 2.56. The monoisotopic (exact) mass is 367 g/mol. The van der Waals surface area contributed by atoms with Crippen LogP contribution >= 0.6 is 0 Å². The number of methoxy groups -OCH3 is 2. The number of halogens is 1. The normalized spacial score (nSPS) is 35.0. The summed E-state index contributed by atoms with van der Waals surface area (Å²) in [5.41, 5.74) is 2.39. The SMILES string of the molecule is COC[N+]1(C)CC[C@@]23C=C[C@H](O)C[C@@H]2Oc2c(OC)ccc(c23)C1.[Cl-]. The van der Waals surface area contributed by atoms with Crippen molar-refractivity contribution in [3.8, 4) is 11.5 Å². The summed E-state index contributed by atoms with van der Waals surface area (Å²) in [7, 11) is 5.69. The van der Waals surface area contributed by atoms with Crippen LogP contribution in [0.4, 0.5) is 0 Å². The molecule has 3 aliphatic rings. The standard InChI is InChI=1S/C19H26NO4.ClH/c1-20(12-22-2)9-8-19-7-6-14(21)10-16(19)24-18-15(23-3)5-4-13(11-20)17(18)19;/h4-7,14,16,21H,8-12H2,1-3H3;1H/q+1;/p-1/t14-,16-,19-,20?;/m0./s1. The fraction of sp³-hybridized carbons (Fsp3) is 0.579. The Balaban J connectivity index is 0.00000182. The van der Waals surface area contributed by atoms with Gasteiger partial charge < -0.3 is 31.7 Å². The second-order valence-electron chi connectivity index (χ2n) is 7.61. The van der Waals surface area contributed by atoms with E-state index >= 15 is 0 Å². The third-order valence-corrected chi connectivity index (χ3v) is 5.86. The fourth-order valence-electron chi connectivity index (χ4n) is 4.70. The number of benzene rings is 1. The first-order chi connectivity index (χ1) is 11.5. The molecule has 0 aromatic heterocycles. The third-order valence-electron chi connectivity index (χ3n) is 5.86. The summed E-state index contributed by atoms with van der Waals surface area (Å²) in [6, 6.07) is 4.17. The Morgan fingerprint density at radius 2 is 2.16 bits per heavy atom. The predicted octanol–water partition coefficient (Wildman–Crippen LogP) is -1.03. The van der Waals surface area contributed by atoms with Gasteiger partial charge in [0.1, 0.15) is 12.6 Å². The number of nitrogens with zero attached hydrogens (tertiary/aromatic N) is 1. The van der Waals surface area contributed by atoms with Crippen LogP contribution in [0, 0.1) is 0 Å². The Bertz CT molecular complexity index is 694. The molecule has 4 rings (SSSR count). The molecular weight excluding hydrogens is 342 g/mol. The minimum absolute atomic E-state index is 0. The number of quaternary nitrogens is 1. The number of rotatable bonds is 3. The van der Waals surface area contributed by atoms with Crippen LogP contribution in [0.1, 0.15) is 24.0 Å². The molecule has 0 radical (unpaired) electrons. The molecule has 1 unspecified atom stereocenters. The van der Waals surface area contributed by atoms with Gasteiger partial charge in [0.05, 0.1) is 32.2 Å². The molecule has 0 saturated heterocycles. The van der Waals surface area contributed by atoms with E-state index in [2.05, 4.69) is 19.2 Å². The minimum atomic E-state index is -0.438. The van der Waals surface area contributed by atoms with E-state index in [0.717, 1.165) is 35.5 Å². The van der Waals surface area contributed by atoms with Crippen LogP contribution in [-0.4, -0.2) is 56.3 Å². The van der Waals surface area contributed by atoms with Gasteiger partial charge in [-0.3, -0.25) is 4.48 Å². The first-order valence-corrected chi connectivity index (χ1v) is 8.58. The van der Waals surface area contributed by atoms with Gasteiger partial charge in [-0.25, -0.2) is 0 Å². The number of hydrogen-bond acceptors (Lipinski definition) is 4. The molecule has 0 amide bonds. The van der Waals surface area contributed by atoms with E-state index in [1.165, 1.54) is 11.1 Å². The van der Waals surface area contributed by atoms with Crippen molar-refractivity contribution >= 4 is 0 Å². The van der Waals surface area contributed by atoms with Crippen LogP contribution in [-0.2, 0) is 16.7 Å². The molecule has 0 fully saturated rings. The lowest BCUT2D eigenvalue weighted by Crippen LogP contribution is -3.00. The van der Waals surface area contributed by atoms with Crippen molar-refractivity contribution in [2.24, 2.45) is 0 Å². The Labute approximate surface area is 155 Å². The average Bonchev–Trinajstić information content (AvgIpc) is 2.82. The molecule has 1 spiro atoms. The van der Waals surface area contributed by atoms with Crippen molar-refractivity contribution in [3.63, 3.8) is 0 Å². The van der Waals surface area contributed by atoms with Gasteiger partial charge in [0, 0.05) is 31.1 Å². The second kappa shape index (κ2) is 6.47. The summed E-state index contributed by atoms with van der Waals surface area (Å²) in [6.45, 7) is 2.60. The van der Waals surface area contributed by atoms with Crippen LogP contribution < -0.4 is 21.9 Å². The Kier molecular flexibility index (Phi) is 4.79. The zero-order valence-corrected chi connectivity index (χ0v) is 15.8. The zero-order valence-electron chi connectivity index (χ0n) is 15.0. The lowest BCUT2D eigenvalue weighted by molar-refractivity contribution is -0.939. The van der Waals surface area contributed by atoms with E-state index in [9.17, 15) is 5.11 Å². The van der Waals surface area contributed by atoms with Crippen molar-refractivity contribution in [2.75, 3.05) is 34.5 Å². The Morgan fingerprint density at radius 1 is 1.36 bits per heavy atom. The molecule has 25 heavy (non-hydrogen) atoms. The minimum Gasteiger partial charge on any atom is -1.00 e. The van der Waals surface area contributed by atoms with Crippen molar-refractivity contribution < 1.29 is 36.2 Å². The molecule has 4 atom stereocenters. The van der Waals surface area contributed by atoms with Gasteiger partial charge in [-0.2, -0.15) is 0 Å². The molecule has 1 aromatic carbocycles. The maximum absolute atomic E-state index is 10.1. The number of hydrogen-bond donors (Lipinski definition) is 1. The average molecular weight is 368 g/mol. The first kappa shape index (κ1) is 18.5. The summed E-state index contributed by atoms with van der Waals surface area (Å²) < 4.78 is 18.2. The third kappa shape index (κ3) is 2.74. The summed E-state index contributed by atoms with van der Waals surface area (Å²) in [6.07, 6.45) is 5.26. The highest BCUT2D eigenvalue weighted by Gasteiger charge is 2.54. The molecule has 6 heteroatoms. The molecule has 1 aromatic rings. The van der Waals surface area contributed by atoms with Crippen LogP contribution in [0.25, 0.3) is 0 Å². The molecule has 1 N–H and O–H groups in total. The predicted molar refractivity (Wildman–Crippen MR) is 90.1 cm³/mol. The molecular formula is C19H26ClNO4. The Morgan fingerprint density at radius 3 is 2.88 bits per heavy atom. The molecule has 0 bridgehead atoms. The molecule has 138 valence electrons. The van der Waals surface area contributed by atoms with Crippen molar-refractivity contribution in [2.45, 2.75) is 37.0 Å². The van der Waals surface area contributed by atoms with Gasteiger partial charge in [0.25, 0.3) is 0 Å². The van der Waals surface area contributed by atoms with Crippen LogP contribution in [0.3, 0.4) is 0 Å². The summed E-state index contributed by atoms with van der Waals surface area (Å²) >= 11 is 0. The first-order valence-electron chi connectivity index (χ1n) is 8.58. The highest BCUT2D eigenvalue weighted by molar-refractivity contribution is 5.60. The topological polar surface area (TPSA) is 47.9 Å². The van der Waals surface area contributed by atoms with E-state index in [-0.39, 0.29) is 23.9 Å². The quantitative estimate of drug-likeness (QED) is 0.548. The van der Waals surface area contributed by atoms with Gasteiger partial charge in [-0.1, -0.05) is 12.2 Å². The number of aliphatic hydroxyl groups excluding tert-OH is 1. The smallest absolute Gasteiger partial charge is 0.182 e. The molecule has 2 aliphatic heterocycles. The zero-order chi connectivity index (χ0) is 16.9. The van der Waals surface area contributed by atoms with E-state index < -0.39 is 6.10 Å². The molecule has 5 nitrogen and oxygen atoms in total. The van der Waals surface area contributed by atoms with E-state index in [1.54, 1.807) is 14.2 Å². The molecule has 2 heterocycles. The van der Waals surface area contributed by atoms with Gasteiger partial charge in [0.2, 0.25) is 0 Å². The maximum atomic E-state index is 10.1. The van der Waals surface area contributed by atoms with Gasteiger partial charge in [0.15, 0.2) is 18.2 Å². The van der Waals surface area contributed by atoms with Gasteiger partial charge in [-0.05, 0) is 12.1 Å². The molecule has 0 saturated carbocycles. The van der Waals surface area contributed by atoms with Crippen LogP contribution in [0.15, 0.2) is 24.3 Å². The fourth-order valence-corrected chi connectivity index (χ4v) is 4.70. The second-order valence-corrected chi connectivity index (χ2v) is 7.61. The van der Waals surface area contributed by atoms with Gasteiger partial charge in [-0.15, -0.1) is 0 Å². The van der Waals surface area contributed by atoms with E-state index in [4.69, 9.17) is 14.2 Å². The summed E-state index contributed by atoms with van der Waals surface area (Å²) in [5, 5.41) is 10.1. The molecule has 1 aliphatic carbocycles. The van der Waals surface area contributed by atoms with Crippen molar-refractivity contribution in [3.05, 3.63) is 35.4 Å². The van der Waals surface area contributed by atoms with Gasteiger partial charge >= 0.3 is 0 Å². The van der Waals surface area contributed by atoms with Crippen LogP contribution in [0.2, 0.25) is 0 Å². The van der Waals surface area contributed by atoms with Crippen LogP contribution in [0.5, 0.6) is 11.5 Å². The van der Waals surface area contributed by atoms with E-state index in [1.807, 2.05) is 12.1 Å². The Hall–Kier alpha value is -1.27. The lowest BCUT2D eigenvalue weighted by atomic mass is 9.69. The summed E-state index contributed by atoms with van der Waals surface area (Å²) in [5.74, 6) is 1.65. The largest absolute Gasteiger partial charge is 1.00 e. The van der Waals surface area contributed by atoms with Crippen molar-refractivity contribution in [1.29, 1.82) is 0 Å². The van der Waals surface area contributed by atoms with Crippen molar-refractivity contribution in [1.82, 2.24) is 0 Å².